The number of nitriles is 1. The molecule has 0 aliphatic carbocycles. The van der Waals surface area contributed by atoms with Gasteiger partial charge in [0.15, 0.2) is 5.69 Å². The van der Waals surface area contributed by atoms with Crippen molar-refractivity contribution in [2.24, 2.45) is 0 Å². The fraction of sp³-hybridized carbons (Fsp3) is 0. The van der Waals surface area contributed by atoms with Gasteiger partial charge in [-0.3, -0.25) is 0 Å². The molecule has 1 heterocycles. The summed E-state index contributed by atoms with van der Waals surface area (Å²) in [7, 11) is 0. The van der Waals surface area contributed by atoms with Crippen molar-refractivity contribution in [1.82, 2.24) is 9.97 Å². The number of hydrogen-bond acceptors (Lipinski definition) is 4. The average Bonchev–Trinajstić information content (AvgIpc) is 2.33. The fourth-order valence-electron chi connectivity index (χ4n) is 1.07. The molecule has 1 aromatic carbocycles. The molecular formula is C11H6ClN3O. The molecule has 0 radical (unpaired) electrons. The quantitative estimate of drug-likeness (QED) is 0.797. The van der Waals surface area contributed by atoms with Gasteiger partial charge in [-0.25, -0.2) is 9.97 Å². The van der Waals surface area contributed by atoms with E-state index in [1.807, 2.05) is 6.07 Å². The van der Waals surface area contributed by atoms with Crippen LogP contribution in [0.1, 0.15) is 5.69 Å². The van der Waals surface area contributed by atoms with Gasteiger partial charge in [0.05, 0.1) is 17.4 Å². The Morgan fingerprint density at radius 3 is 2.62 bits per heavy atom. The third-order valence-electron chi connectivity index (χ3n) is 1.79. The van der Waals surface area contributed by atoms with E-state index >= 15 is 0 Å². The third-order valence-corrected chi connectivity index (χ3v) is 2.11. The zero-order valence-electron chi connectivity index (χ0n) is 8.09. The summed E-state index contributed by atoms with van der Waals surface area (Å²) in [4.78, 5) is 7.75. The van der Waals surface area contributed by atoms with Crippen molar-refractivity contribution in [2.75, 3.05) is 0 Å². The fourth-order valence-corrected chi connectivity index (χ4v) is 1.24. The lowest BCUT2D eigenvalue weighted by Crippen LogP contribution is -1.91. The summed E-state index contributed by atoms with van der Waals surface area (Å²) in [6, 6.07) is 8.92. The number of para-hydroxylation sites is 1. The third kappa shape index (κ3) is 2.27. The predicted octanol–water partition coefficient (Wildman–Crippen LogP) is 2.79. The molecule has 5 heteroatoms. The molecule has 16 heavy (non-hydrogen) atoms. The first kappa shape index (κ1) is 10.4. The second-order valence-corrected chi connectivity index (χ2v) is 3.29. The van der Waals surface area contributed by atoms with Crippen molar-refractivity contribution in [3.63, 3.8) is 0 Å². The molecule has 0 amide bonds. The average molecular weight is 232 g/mol. The van der Waals surface area contributed by atoms with Gasteiger partial charge in [0.2, 0.25) is 5.88 Å². The van der Waals surface area contributed by atoms with Crippen molar-refractivity contribution in [1.29, 1.82) is 5.26 Å². The minimum Gasteiger partial charge on any atom is -0.436 e. The number of halogens is 1. The van der Waals surface area contributed by atoms with E-state index in [0.29, 0.717) is 16.7 Å². The minimum atomic E-state index is 0.242. The second kappa shape index (κ2) is 4.60. The predicted molar refractivity (Wildman–Crippen MR) is 58.3 cm³/mol. The van der Waals surface area contributed by atoms with Crippen LogP contribution in [0.2, 0.25) is 5.02 Å². The summed E-state index contributed by atoms with van der Waals surface area (Å²) >= 11 is 5.91. The van der Waals surface area contributed by atoms with E-state index in [9.17, 15) is 0 Å². The molecule has 0 aliphatic heterocycles. The van der Waals surface area contributed by atoms with Crippen LogP contribution in [0, 0.1) is 11.3 Å². The number of aromatic nitrogens is 2. The first-order valence-electron chi connectivity index (χ1n) is 4.44. The molecule has 2 rings (SSSR count). The highest BCUT2D eigenvalue weighted by Crippen LogP contribution is 2.27. The molecule has 1 aromatic heterocycles. The summed E-state index contributed by atoms with van der Waals surface area (Å²) in [5, 5.41) is 9.04. The standard InChI is InChI=1S/C11H6ClN3O/c12-9-3-1-2-4-10(9)16-11-7-14-8(5-13)6-15-11/h1-4,6-7H. The van der Waals surface area contributed by atoms with E-state index in [4.69, 9.17) is 21.6 Å². The summed E-state index contributed by atoms with van der Waals surface area (Å²) in [6.45, 7) is 0. The van der Waals surface area contributed by atoms with Crippen LogP contribution in [0.25, 0.3) is 0 Å². The topological polar surface area (TPSA) is 58.8 Å². The van der Waals surface area contributed by atoms with E-state index in [1.54, 1.807) is 24.3 Å². The largest absolute Gasteiger partial charge is 0.436 e. The lowest BCUT2D eigenvalue weighted by molar-refractivity contribution is 0.460. The Morgan fingerprint density at radius 1 is 1.19 bits per heavy atom. The molecular weight excluding hydrogens is 226 g/mol. The highest BCUT2D eigenvalue weighted by molar-refractivity contribution is 6.32. The molecule has 0 fully saturated rings. The van der Waals surface area contributed by atoms with Crippen LogP contribution in [0.4, 0.5) is 0 Å². The smallest absolute Gasteiger partial charge is 0.237 e. The Balaban J connectivity index is 2.22. The molecule has 0 bridgehead atoms. The Bertz CT molecular complexity index is 534. The van der Waals surface area contributed by atoms with Gasteiger partial charge in [-0.1, -0.05) is 23.7 Å². The molecule has 0 unspecified atom stereocenters. The number of benzene rings is 1. The van der Waals surface area contributed by atoms with Gasteiger partial charge in [0.1, 0.15) is 11.8 Å². The Kier molecular flexibility index (Phi) is 2.99. The van der Waals surface area contributed by atoms with Crippen LogP contribution in [-0.4, -0.2) is 9.97 Å². The first-order valence-corrected chi connectivity index (χ1v) is 4.82. The van der Waals surface area contributed by atoms with Crippen molar-refractivity contribution in [3.8, 4) is 17.7 Å². The highest BCUT2D eigenvalue weighted by Gasteiger charge is 2.03. The van der Waals surface area contributed by atoms with E-state index in [1.165, 1.54) is 12.4 Å². The maximum absolute atomic E-state index is 8.55. The van der Waals surface area contributed by atoms with Crippen LogP contribution in [0.5, 0.6) is 11.6 Å². The van der Waals surface area contributed by atoms with Crippen LogP contribution >= 0.6 is 11.6 Å². The molecule has 0 N–H and O–H groups in total. The van der Waals surface area contributed by atoms with Gasteiger partial charge >= 0.3 is 0 Å². The van der Waals surface area contributed by atoms with E-state index < -0.39 is 0 Å². The summed E-state index contributed by atoms with van der Waals surface area (Å²) in [5.41, 5.74) is 0.242. The minimum absolute atomic E-state index is 0.242. The monoisotopic (exact) mass is 231 g/mol. The lowest BCUT2D eigenvalue weighted by atomic mass is 10.3. The molecule has 0 aliphatic rings. The molecule has 78 valence electrons. The van der Waals surface area contributed by atoms with Gasteiger partial charge in [-0.2, -0.15) is 5.26 Å². The molecule has 0 saturated heterocycles. The van der Waals surface area contributed by atoms with Gasteiger partial charge in [-0.05, 0) is 12.1 Å². The Morgan fingerprint density at radius 2 is 2.00 bits per heavy atom. The van der Waals surface area contributed by atoms with Gasteiger partial charge < -0.3 is 4.74 Å². The van der Waals surface area contributed by atoms with Gasteiger partial charge in [0, 0.05) is 0 Å². The van der Waals surface area contributed by atoms with E-state index in [0.717, 1.165) is 0 Å². The number of hydrogen-bond donors (Lipinski definition) is 0. The van der Waals surface area contributed by atoms with E-state index in [-0.39, 0.29) is 5.69 Å². The number of rotatable bonds is 2. The zero-order valence-corrected chi connectivity index (χ0v) is 8.85. The zero-order chi connectivity index (χ0) is 11.4. The lowest BCUT2D eigenvalue weighted by Gasteiger charge is -2.04. The molecule has 4 nitrogen and oxygen atoms in total. The Hall–Kier alpha value is -2.12. The van der Waals surface area contributed by atoms with Crippen molar-refractivity contribution in [3.05, 3.63) is 47.4 Å². The maximum Gasteiger partial charge on any atom is 0.237 e. The summed E-state index contributed by atoms with van der Waals surface area (Å²) in [6.07, 6.45) is 2.72. The van der Waals surface area contributed by atoms with Crippen LogP contribution in [-0.2, 0) is 0 Å². The summed E-state index contributed by atoms with van der Waals surface area (Å²) < 4.78 is 5.39. The number of ether oxygens (including phenoxy) is 1. The van der Waals surface area contributed by atoms with Gasteiger partial charge in [0.25, 0.3) is 0 Å². The van der Waals surface area contributed by atoms with Crippen LogP contribution in [0.3, 0.4) is 0 Å². The van der Waals surface area contributed by atoms with E-state index in [2.05, 4.69) is 9.97 Å². The van der Waals surface area contributed by atoms with Crippen LogP contribution in [0.15, 0.2) is 36.7 Å². The second-order valence-electron chi connectivity index (χ2n) is 2.88. The number of nitrogens with zero attached hydrogens (tertiary/aromatic N) is 3. The van der Waals surface area contributed by atoms with Crippen molar-refractivity contribution in [2.45, 2.75) is 0 Å². The van der Waals surface area contributed by atoms with Crippen LogP contribution < -0.4 is 4.74 Å². The summed E-state index contributed by atoms with van der Waals surface area (Å²) in [5.74, 6) is 0.801. The Labute approximate surface area is 97.1 Å². The molecule has 0 spiro atoms. The maximum atomic E-state index is 8.55. The first-order chi connectivity index (χ1) is 7.79. The van der Waals surface area contributed by atoms with Crippen molar-refractivity contribution < 1.29 is 4.74 Å². The van der Waals surface area contributed by atoms with Crippen molar-refractivity contribution >= 4 is 11.6 Å². The molecule has 2 aromatic rings. The molecule has 0 atom stereocenters. The SMILES string of the molecule is N#Cc1cnc(Oc2ccccc2Cl)cn1. The highest BCUT2D eigenvalue weighted by atomic mass is 35.5. The normalized spacial score (nSPS) is 9.50. The molecule has 0 saturated carbocycles. The van der Waals surface area contributed by atoms with Gasteiger partial charge in [-0.15, -0.1) is 0 Å².